The van der Waals surface area contributed by atoms with Crippen LogP contribution in [0.1, 0.15) is 42.6 Å². The van der Waals surface area contributed by atoms with E-state index in [1.54, 1.807) is 23.1 Å². The number of ether oxygens (including phenoxy) is 2. The first kappa shape index (κ1) is 18.7. The van der Waals surface area contributed by atoms with E-state index in [0.717, 1.165) is 11.1 Å². The monoisotopic (exact) mass is 464 g/mol. The van der Waals surface area contributed by atoms with E-state index < -0.39 is 24.2 Å². The van der Waals surface area contributed by atoms with E-state index >= 15 is 0 Å². The summed E-state index contributed by atoms with van der Waals surface area (Å²) in [6.07, 6.45) is -2.26. The molecule has 34 heavy (non-hydrogen) atoms. The zero-order chi connectivity index (χ0) is 26.3. The molecule has 2 fully saturated rings. The molecule has 1 unspecified atom stereocenters. The molecule has 176 valence electrons. The average Bonchev–Trinajstić information content (AvgIpc) is 3.19. The molecule has 3 amide bonds. The van der Waals surface area contributed by atoms with Gasteiger partial charge in [0.15, 0.2) is 1.41 Å². The molecule has 3 heterocycles. The number of piperidine rings is 1. The Balaban J connectivity index is 1.28. The number of benzene rings is 2. The minimum atomic E-state index is -2.04. The number of amides is 3. The van der Waals surface area contributed by atoms with E-state index in [-0.39, 0.29) is 37.8 Å². The van der Waals surface area contributed by atoms with Crippen molar-refractivity contribution in [1.82, 2.24) is 15.1 Å². The predicted octanol–water partition coefficient (Wildman–Crippen LogP) is 2.37. The van der Waals surface area contributed by atoms with E-state index in [9.17, 15) is 14.4 Å². The number of carbonyl (C=O) groups is 3. The Kier molecular flexibility index (Phi) is 5.13. The summed E-state index contributed by atoms with van der Waals surface area (Å²) in [4.78, 5) is 40.9. The van der Waals surface area contributed by atoms with Crippen molar-refractivity contribution in [3.05, 3.63) is 77.0 Å². The fraction of sp³-hybridized carbons (Fsp3) is 0.346. The van der Waals surface area contributed by atoms with Crippen LogP contribution >= 0.6 is 0 Å². The number of rotatable bonds is 6. The smallest absolute Gasteiger partial charge is 0.255 e. The molecular formula is C26H27N3O5. The van der Waals surface area contributed by atoms with Crippen molar-refractivity contribution in [2.75, 3.05) is 19.8 Å². The number of carbonyl (C=O) groups excluding carboxylic acids is 3. The molecule has 8 nitrogen and oxygen atoms in total. The maximum Gasteiger partial charge on any atom is 0.255 e. The van der Waals surface area contributed by atoms with Crippen LogP contribution in [0.2, 0.25) is 1.41 Å². The third-order valence-corrected chi connectivity index (χ3v) is 6.14. The summed E-state index contributed by atoms with van der Waals surface area (Å²) in [5, 5.41) is 0.582. The van der Waals surface area contributed by atoms with Crippen molar-refractivity contribution in [2.45, 2.75) is 38.5 Å². The van der Waals surface area contributed by atoms with E-state index in [1.807, 2.05) is 24.3 Å². The maximum absolute atomic E-state index is 13.2. The minimum absolute atomic E-state index is 0.00703. The third-order valence-electron chi connectivity index (χ3n) is 6.14. The van der Waals surface area contributed by atoms with Gasteiger partial charge in [0.25, 0.3) is 5.91 Å². The van der Waals surface area contributed by atoms with Gasteiger partial charge in [0.1, 0.15) is 25.0 Å². The van der Waals surface area contributed by atoms with Gasteiger partial charge >= 0.3 is 0 Å². The first-order valence-electron chi connectivity index (χ1n) is 12.6. The molecule has 1 atom stereocenters. The van der Waals surface area contributed by atoms with Gasteiger partial charge in [-0.1, -0.05) is 36.9 Å². The Labute approximate surface area is 202 Å². The summed E-state index contributed by atoms with van der Waals surface area (Å²) in [6, 6.07) is 11.4. The van der Waals surface area contributed by atoms with Gasteiger partial charge in [0.2, 0.25) is 11.8 Å². The number of morpholine rings is 1. The number of allylic oxidation sites excluding steroid dienone is 1. The molecule has 3 aliphatic rings. The molecule has 1 N–H and O–H groups in total. The first-order valence-corrected chi connectivity index (χ1v) is 11.2. The fourth-order valence-corrected chi connectivity index (χ4v) is 4.31. The number of nitrogens with zero attached hydrogens (tertiary/aromatic N) is 2. The molecule has 5 rings (SSSR count). The molecule has 0 aliphatic carbocycles. The standard InChI is InChI=1S/C26H27N3O5/c1-17-5-10-22(25(31)27-17)29-14-21-20(26(29)32)3-2-4-23(21)34-15-19-8-6-18(7-9-19)13-28-11-12-33-16-24(28)30/h2-4,6-9,22H,1,5,10-16H2,(H,27,31)/i10D2/hD. The predicted molar refractivity (Wildman–Crippen MR) is 124 cm³/mol. The highest BCUT2D eigenvalue weighted by molar-refractivity contribution is 6.02. The number of nitrogens with one attached hydrogen (secondary N) is 1. The highest BCUT2D eigenvalue weighted by Gasteiger charge is 2.39. The topological polar surface area (TPSA) is 88.2 Å². The van der Waals surface area contributed by atoms with Crippen LogP contribution in [-0.2, 0) is 34.0 Å². The normalized spacial score (nSPS) is 23.5. The Hall–Kier alpha value is -3.65. The van der Waals surface area contributed by atoms with Crippen LogP contribution in [0.25, 0.3) is 0 Å². The second kappa shape index (κ2) is 9.30. The molecule has 2 aromatic rings. The van der Waals surface area contributed by atoms with Gasteiger partial charge in [-0.3, -0.25) is 14.4 Å². The van der Waals surface area contributed by atoms with Crippen LogP contribution in [0.3, 0.4) is 0 Å². The van der Waals surface area contributed by atoms with Crippen LogP contribution in [0.5, 0.6) is 5.75 Å². The first-order chi connectivity index (χ1) is 17.7. The molecular weight excluding hydrogens is 434 g/mol. The second-order valence-corrected chi connectivity index (χ2v) is 8.49. The van der Waals surface area contributed by atoms with Gasteiger partial charge in [-0.05, 0) is 36.1 Å². The highest BCUT2D eigenvalue weighted by atomic mass is 16.5. The van der Waals surface area contributed by atoms with Crippen LogP contribution < -0.4 is 10.0 Å². The second-order valence-electron chi connectivity index (χ2n) is 8.49. The summed E-state index contributed by atoms with van der Waals surface area (Å²) in [5.74, 6) is -0.829. The molecule has 0 saturated carbocycles. The van der Waals surface area contributed by atoms with Crippen molar-refractivity contribution in [1.29, 1.82) is 0 Å². The zero-order valence-electron chi connectivity index (χ0n) is 21.7. The molecule has 2 aromatic carbocycles. The summed E-state index contributed by atoms with van der Waals surface area (Å²) < 4.78 is 35.9. The highest BCUT2D eigenvalue weighted by Crippen LogP contribution is 2.34. The average molecular weight is 465 g/mol. The maximum atomic E-state index is 13.2. The Morgan fingerprint density at radius 1 is 1.18 bits per heavy atom. The van der Waals surface area contributed by atoms with Gasteiger partial charge in [0.05, 0.1) is 13.2 Å². The van der Waals surface area contributed by atoms with Crippen LogP contribution in [0.4, 0.5) is 0 Å². The SMILES string of the molecule is [2H]N1C(=C)CC([2H])([2H])C(N2Cc3c(OCc4ccc(CN5CCOCC5=O)cc4)cccc3C2=O)C1=O. The quantitative estimate of drug-likeness (QED) is 0.709. The van der Waals surface area contributed by atoms with Crippen LogP contribution in [-0.4, -0.2) is 53.3 Å². The number of hydrogen-bond donors (Lipinski definition) is 1. The van der Waals surface area contributed by atoms with E-state index in [4.69, 9.17) is 13.6 Å². The molecule has 0 spiro atoms. The van der Waals surface area contributed by atoms with E-state index in [0.29, 0.717) is 41.9 Å². The van der Waals surface area contributed by atoms with Gasteiger partial charge in [-0.2, -0.15) is 0 Å². The molecule has 0 bridgehead atoms. The van der Waals surface area contributed by atoms with Gasteiger partial charge < -0.3 is 24.6 Å². The summed E-state index contributed by atoms with van der Waals surface area (Å²) in [6.45, 7) is 5.59. The zero-order valence-corrected chi connectivity index (χ0v) is 18.7. The van der Waals surface area contributed by atoms with Crippen molar-refractivity contribution in [3.63, 3.8) is 0 Å². The lowest BCUT2D eigenvalue weighted by atomic mass is 10.0. The van der Waals surface area contributed by atoms with Crippen molar-refractivity contribution < 1.29 is 28.0 Å². The third kappa shape index (κ3) is 4.41. The molecule has 3 aliphatic heterocycles. The summed E-state index contributed by atoms with van der Waals surface area (Å²) in [7, 11) is 0. The van der Waals surface area contributed by atoms with Gasteiger partial charge in [0, 0.05) is 32.7 Å². The lowest BCUT2D eigenvalue weighted by molar-refractivity contribution is -0.143. The lowest BCUT2D eigenvalue weighted by Crippen LogP contribution is -2.49. The Morgan fingerprint density at radius 2 is 1.97 bits per heavy atom. The van der Waals surface area contributed by atoms with Crippen molar-refractivity contribution >= 4 is 17.7 Å². The van der Waals surface area contributed by atoms with E-state index in [2.05, 4.69) is 6.58 Å². The largest absolute Gasteiger partial charge is 0.489 e. The molecule has 0 aromatic heterocycles. The summed E-state index contributed by atoms with van der Waals surface area (Å²) in [5.41, 5.74) is 2.89. The Bertz CT molecular complexity index is 1270. The number of fused-ring (bicyclic) bond motifs is 1. The van der Waals surface area contributed by atoms with Crippen LogP contribution in [0, 0.1) is 0 Å². The van der Waals surface area contributed by atoms with Crippen molar-refractivity contribution in [3.8, 4) is 5.75 Å². The molecule has 0 radical (unpaired) electrons. The summed E-state index contributed by atoms with van der Waals surface area (Å²) >= 11 is 0. The molecule has 2 saturated heterocycles. The van der Waals surface area contributed by atoms with E-state index in [1.165, 1.54) is 4.90 Å². The molecule has 8 heteroatoms. The van der Waals surface area contributed by atoms with Crippen molar-refractivity contribution in [2.24, 2.45) is 0 Å². The Morgan fingerprint density at radius 3 is 2.76 bits per heavy atom. The lowest BCUT2D eigenvalue weighted by Gasteiger charge is -2.31. The van der Waals surface area contributed by atoms with Gasteiger partial charge in [-0.15, -0.1) is 0 Å². The minimum Gasteiger partial charge on any atom is -0.489 e. The van der Waals surface area contributed by atoms with Gasteiger partial charge in [-0.25, -0.2) is 0 Å². The fourth-order valence-electron chi connectivity index (χ4n) is 4.31. The number of hydrogen-bond acceptors (Lipinski definition) is 5. The van der Waals surface area contributed by atoms with Crippen LogP contribution in [0.15, 0.2) is 54.7 Å².